The molecule has 0 aliphatic heterocycles. The van der Waals surface area contributed by atoms with Gasteiger partial charge in [0.25, 0.3) is 5.91 Å². The van der Waals surface area contributed by atoms with Gasteiger partial charge in [0, 0.05) is 18.0 Å². The molecule has 0 aromatic heterocycles. The number of hydrogen-bond donors (Lipinski definition) is 2. The molecule has 1 aromatic carbocycles. The van der Waals surface area contributed by atoms with Crippen LogP contribution in [-0.4, -0.2) is 35.8 Å². The molecule has 0 spiro atoms. The van der Waals surface area contributed by atoms with Crippen LogP contribution in [0.25, 0.3) is 0 Å². The van der Waals surface area contributed by atoms with Crippen molar-refractivity contribution < 1.29 is 23.9 Å². The van der Waals surface area contributed by atoms with E-state index >= 15 is 0 Å². The highest BCUT2D eigenvalue weighted by atomic mass is 16.5. The molecule has 1 aliphatic rings. The zero-order chi connectivity index (χ0) is 20.0. The quantitative estimate of drug-likeness (QED) is 0.563. The number of urea groups is 1. The van der Waals surface area contributed by atoms with E-state index in [0.717, 1.165) is 19.3 Å². The van der Waals surface area contributed by atoms with Crippen LogP contribution in [0.2, 0.25) is 0 Å². The molecule has 0 bridgehead atoms. The molecule has 0 radical (unpaired) electrons. The Morgan fingerprint density at radius 3 is 2.44 bits per heavy atom. The number of Topliss-reactive ketones (excluding diaryl/α,β-unsaturated/α-hetero) is 1. The Morgan fingerprint density at radius 2 is 1.74 bits per heavy atom. The van der Waals surface area contributed by atoms with Crippen molar-refractivity contribution in [3.8, 4) is 0 Å². The highest BCUT2D eigenvalue weighted by molar-refractivity contribution is 5.99. The van der Waals surface area contributed by atoms with Crippen LogP contribution in [0.4, 0.5) is 4.79 Å². The Bertz CT molecular complexity index is 742. The van der Waals surface area contributed by atoms with Gasteiger partial charge in [-0.25, -0.2) is 4.79 Å². The molecule has 2 N–H and O–H groups in total. The van der Waals surface area contributed by atoms with E-state index in [9.17, 15) is 19.2 Å². The van der Waals surface area contributed by atoms with Crippen molar-refractivity contribution in [3.05, 3.63) is 34.9 Å². The van der Waals surface area contributed by atoms with Crippen molar-refractivity contribution in [2.75, 3.05) is 0 Å². The standard InChI is InChI=1S/C20H26N2O5/c1-12(2)21-20(26)22-19(25)13(3)27-18(24)10-9-17(23)16-8-7-14-5-4-6-15(14)11-16/h7-8,11-13H,4-6,9-10H2,1-3H3,(H2,21,22,25,26). The van der Waals surface area contributed by atoms with Gasteiger partial charge in [0.2, 0.25) is 0 Å². The van der Waals surface area contributed by atoms with Gasteiger partial charge in [-0.2, -0.15) is 0 Å². The summed E-state index contributed by atoms with van der Waals surface area (Å²) < 4.78 is 5.00. The number of nitrogens with one attached hydrogen (secondary N) is 2. The third-order valence-electron chi connectivity index (χ3n) is 4.31. The number of esters is 1. The van der Waals surface area contributed by atoms with Gasteiger partial charge in [-0.15, -0.1) is 0 Å². The Morgan fingerprint density at radius 1 is 1.04 bits per heavy atom. The van der Waals surface area contributed by atoms with Gasteiger partial charge in [0.05, 0.1) is 6.42 Å². The van der Waals surface area contributed by atoms with Crippen LogP contribution in [-0.2, 0) is 27.2 Å². The molecular formula is C20H26N2O5. The Kier molecular flexibility index (Phi) is 7.10. The summed E-state index contributed by atoms with van der Waals surface area (Å²) in [6.07, 6.45) is 1.91. The van der Waals surface area contributed by atoms with Crippen LogP contribution in [0.3, 0.4) is 0 Å². The van der Waals surface area contributed by atoms with Crippen LogP contribution in [0, 0.1) is 0 Å². The highest BCUT2D eigenvalue weighted by Gasteiger charge is 2.21. The van der Waals surface area contributed by atoms with Crippen molar-refractivity contribution in [1.82, 2.24) is 10.6 Å². The second-order valence-corrected chi connectivity index (χ2v) is 7.01. The number of ether oxygens (including phenoxy) is 1. The highest BCUT2D eigenvalue weighted by Crippen LogP contribution is 2.23. The number of fused-ring (bicyclic) bond motifs is 1. The second kappa shape index (κ2) is 9.30. The number of hydrogen-bond acceptors (Lipinski definition) is 5. The SMILES string of the molecule is CC(C)NC(=O)NC(=O)C(C)OC(=O)CCC(=O)c1ccc2c(c1)CCC2. The lowest BCUT2D eigenvalue weighted by Crippen LogP contribution is -2.46. The topological polar surface area (TPSA) is 102 Å². The fraction of sp³-hybridized carbons (Fsp3) is 0.500. The third kappa shape index (κ3) is 6.20. The predicted octanol–water partition coefficient (Wildman–Crippen LogP) is 2.30. The molecule has 2 rings (SSSR count). The Labute approximate surface area is 158 Å². The van der Waals surface area contributed by atoms with Crippen LogP contribution in [0.15, 0.2) is 18.2 Å². The molecule has 7 nitrogen and oxygen atoms in total. The molecule has 7 heteroatoms. The predicted molar refractivity (Wildman–Crippen MR) is 99.4 cm³/mol. The molecule has 1 unspecified atom stereocenters. The lowest BCUT2D eigenvalue weighted by molar-refractivity contribution is -0.154. The molecule has 0 saturated carbocycles. The summed E-state index contributed by atoms with van der Waals surface area (Å²) in [5.74, 6) is -1.50. The van der Waals surface area contributed by atoms with Crippen LogP contribution >= 0.6 is 0 Å². The molecular weight excluding hydrogens is 348 g/mol. The average Bonchev–Trinajstić information content (AvgIpc) is 3.06. The van der Waals surface area contributed by atoms with E-state index in [1.165, 1.54) is 18.1 Å². The van der Waals surface area contributed by atoms with E-state index in [2.05, 4.69) is 10.6 Å². The van der Waals surface area contributed by atoms with Crippen LogP contribution < -0.4 is 10.6 Å². The maximum atomic E-state index is 12.3. The zero-order valence-corrected chi connectivity index (χ0v) is 16.0. The summed E-state index contributed by atoms with van der Waals surface area (Å²) in [5.41, 5.74) is 3.08. The summed E-state index contributed by atoms with van der Waals surface area (Å²) in [6, 6.07) is 4.90. The number of carbonyl (C=O) groups excluding carboxylic acids is 4. The lowest BCUT2D eigenvalue weighted by Gasteiger charge is -2.14. The lowest BCUT2D eigenvalue weighted by atomic mass is 10.0. The Hall–Kier alpha value is -2.70. The third-order valence-corrected chi connectivity index (χ3v) is 4.31. The number of amides is 3. The summed E-state index contributed by atoms with van der Waals surface area (Å²) in [6.45, 7) is 4.88. The maximum absolute atomic E-state index is 12.3. The number of ketones is 1. The second-order valence-electron chi connectivity index (χ2n) is 7.01. The van der Waals surface area contributed by atoms with Crippen molar-refractivity contribution in [2.45, 2.75) is 65.0 Å². The van der Waals surface area contributed by atoms with Gasteiger partial charge in [-0.1, -0.05) is 12.1 Å². The average molecular weight is 374 g/mol. The van der Waals surface area contributed by atoms with Crippen molar-refractivity contribution in [3.63, 3.8) is 0 Å². The molecule has 0 saturated heterocycles. The van der Waals surface area contributed by atoms with E-state index in [4.69, 9.17) is 4.74 Å². The molecule has 27 heavy (non-hydrogen) atoms. The van der Waals surface area contributed by atoms with Crippen LogP contribution in [0.1, 0.15) is 61.5 Å². The first-order valence-electron chi connectivity index (χ1n) is 9.22. The monoisotopic (exact) mass is 374 g/mol. The van der Waals surface area contributed by atoms with E-state index < -0.39 is 24.0 Å². The van der Waals surface area contributed by atoms with Crippen molar-refractivity contribution in [1.29, 1.82) is 0 Å². The molecule has 3 amide bonds. The van der Waals surface area contributed by atoms with Gasteiger partial charge in [0.1, 0.15) is 0 Å². The first-order chi connectivity index (χ1) is 12.8. The smallest absolute Gasteiger partial charge is 0.321 e. The Balaban J connectivity index is 1.77. The molecule has 1 atom stereocenters. The summed E-state index contributed by atoms with van der Waals surface area (Å²) >= 11 is 0. The van der Waals surface area contributed by atoms with E-state index in [0.29, 0.717) is 5.56 Å². The largest absolute Gasteiger partial charge is 0.453 e. The first kappa shape index (κ1) is 20.6. The maximum Gasteiger partial charge on any atom is 0.321 e. The number of benzene rings is 1. The van der Waals surface area contributed by atoms with E-state index in [-0.39, 0.29) is 24.7 Å². The van der Waals surface area contributed by atoms with Gasteiger partial charge in [0.15, 0.2) is 11.9 Å². The number of carbonyl (C=O) groups is 4. The minimum absolute atomic E-state index is 0.0137. The normalized spacial score (nSPS) is 13.6. The van der Waals surface area contributed by atoms with Crippen molar-refractivity contribution in [2.24, 2.45) is 0 Å². The summed E-state index contributed by atoms with van der Waals surface area (Å²) in [4.78, 5) is 47.5. The van der Waals surface area contributed by atoms with Gasteiger partial charge in [-0.05, 0) is 57.2 Å². The molecule has 146 valence electrons. The fourth-order valence-corrected chi connectivity index (χ4v) is 2.93. The van der Waals surface area contributed by atoms with Gasteiger partial charge >= 0.3 is 12.0 Å². The molecule has 0 fully saturated rings. The molecule has 1 aliphatic carbocycles. The minimum atomic E-state index is -1.12. The van der Waals surface area contributed by atoms with Gasteiger partial charge < -0.3 is 10.1 Å². The molecule has 1 aromatic rings. The van der Waals surface area contributed by atoms with E-state index in [1.807, 2.05) is 12.1 Å². The summed E-state index contributed by atoms with van der Waals surface area (Å²) in [7, 11) is 0. The summed E-state index contributed by atoms with van der Waals surface area (Å²) in [5, 5.41) is 4.60. The number of aryl methyl sites for hydroxylation is 2. The molecule has 0 heterocycles. The van der Waals surface area contributed by atoms with E-state index in [1.54, 1.807) is 19.9 Å². The first-order valence-corrected chi connectivity index (χ1v) is 9.22. The number of imide groups is 1. The zero-order valence-electron chi connectivity index (χ0n) is 16.0. The number of rotatable bonds is 7. The minimum Gasteiger partial charge on any atom is -0.453 e. The van der Waals surface area contributed by atoms with Crippen LogP contribution in [0.5, 0.6) is 0 Å². The van der Waals surface area contributed by atoms with Gasteiger partial charge in [-0.3, -0.25) is 19.7 Å². The van der Waals surface area contributed by atoms with Crippen molar-refractivity contribution >= 4 is 23.7 Å². The fourth-order valence-electron chi connectivity index (χ4n) is 2.93.